The van der Waals surface area contributed by atoms with Crippen molar-refractivity contribution in [1.29, 1.82) is 0 Å². The summed E-state index contributed by atoms with van der Waals surface area (Å²) in [5, 5.41) is 5.03. The molecule has 32 heavy (non-hydrogen) atoms. The van der Waals surface area contributed by atoms with Gasteiger partial charge in [-0.1, -0.05) is 48.5 Å². The molecule has 1 aliphatic rings. The lowest BCUT2D eigenvalue weighted by molar-refractivity contribution is 0.0469. The Hall–Kier alpha value is -4.06. The molecule has 6 heteroatoms. The maximum absolute atomic E-state index is 12.9. The maximum Gasteiger partial charge on any atom is 0.359 e. The van der Waals surface area contributed by atoms with Crippen LogP contribution in [0.15, 0.2) is 77.6 Å². The maximum atomic E-state index is 12.9. The third-order valence-electron chi connectivity index (χ3n) is 5.75. The highest BCUT2D eigenvalue weighted by Crippen LogP contribution is 2.23. The predicted molar refractivity (Wildman–Crippen MR) is 120 cm³/mol. The van der Waals surface area contributed by atoms with Gasteiger partial charge >= 0.3 is 5.97 Å². The zero-order chi connectivity index (χ0) is 22.1. The zero-order valence-corrected chi connectivity index (χ0v) is 17.3. The van der Waals surface area contributed by atoms with E-state index in [1.807, 2.05) is 18.2 Å². The lowest BCUT2D eigenvalue weighted by atomic mass is 10.0. The number of nitrogens with zero attached hydrogens (tertiary/aromatic N) is 2. The number of carbonyl (C=O) groups is 2. The number of fused-ring (bicyclic) bond motifs is 2. The molecule has 4 aromatic rings. The summed E-state index contributed by atoms with van der Waals surface area (Å²) in [5.41, 5.74) is 3.18. The van der Waals surface area contributed by atoms with Crippen molar-refractivity contribution in [1.82, 2.24) is 9.78 Å². The monoisotopic (exact) mass is 424 g/mol. The molecule has 1 aromatic heterocycles. The van der Waals surface area contributed by atoms with Crippen LogP contribution in [0.2, 0.25) is 0 Å². The molecule has 0 radical (unpaired) electrons. The number of esters is 1. The minimum atomic E-state index is -0.750. The number of ether oxygens (including phenoxy) is 1. The average molecular weight is 424 g/mol. The molecule has 3 aromatic carbocycles. The van der Waals surface area contributed by atoms with E-state index >= 15 is 0 Å². The van der Waals surface area contributed by atoms with Crippen LogP contribution in [0, 0.1) is 0 Å². The molecule has 5 rings (SSSR count). The van der Waals surface area contributed by atoms with Crippen molar-refractivity contribution < 1.29 is 14.3 Å². The number of aromatic nitrogens is 2. The quantitative estimate of drug-likeness (QED) is 0.359. The van der Waals surface area contributed by atoms with Gasteiger partial charge in [-0.2, -0.15) is 9.78 Å². The van der Waals surface area contributed by atoms with E-state index in [4.69, 9.17) is 4.74 Å². The number of ketones is 1. The minimum Gasteiger partial charge on any atom is -0.452 e. The molecular weight excluding hydrogens is 404 g/mol. The molecule has 0 bridgehead atoms. The molecule has 0 atom stereocenters. The van der Waals surface area contributed by atoms with Crippen molar-refractivity contribution in [2.45, 2.75) is 19.3 Å². The molecular formula is C26H20N2O4. The first-order valence-corrected chi connectivity index (χ1v) is 10.5. The number of Topliss-reactive ketones (excluding diaryl/α,β-unsaturated/α-hetero) is 1. The predicted octanol–water partition coefficient (Wildman–Crippen LogP) is 3.91. The topological polar surface area (TPSA) is 78.3 Å². The number of benzene rings is 3. The van der Waals surface area contributed by atoms with E-state index in [1.165, 1.54) is 15.8 Å². The Morgan fingerprint density at radius 2 is 1.59 bits per heavy atom. The summed E-state index contributed by atoms with van der Waals surface area (Å²) in [6.07, 6.45) is 3.10. The van der Waals surface area contributed by atoms with Crippen LogP contribution in [0.25, 0.3) is 16.5 Å². The second kappa shape index (κ2) is 8.23. The lowest BCUT2D eigenvalue weighted by Crippen LogP contribution is -2.25. The molecule has 0 N–H and O–H groups in total. The van der Waals surface area contributed by atoms with Crippen LogP contribution in [0.5, 0.6) is 0 Å². The number of hydrogen-bond donors (Lipinski definition) is 0. The number of para-hydroxylation sites is 1. The lowest BCUT2D eigenvalue weighted by Gasteiger charge is -2.11. The molecule has 6 nitrogen and oxygen atoms in total. The second-order valence-corrected chi connectivity index (χ2v) is 7.78. The van der Waals surface area contributed by atoms with Gasteiger partial charge in [-0.25, -0.2) is 4.79 Å². The first kappa shape index (κ1) is 19.9. The highest BCUT2D eigenvalue weighted by Gasteiger charge is 2.21. The Bertz CT molecular complexity index is 1410. The summed E-state index contributed by atoms with van der Waals surface area (Å²) in [7, 11) is 0. The minimum absolute atomic E-state index is 0.00851. The summed E-state index contributed by atoms with van der Waals surface area (Å²) in [6, 6.07) is 21.3. The van der Waals surface area contributed by atoms with Gasteiger partial charge in [0.1, 0.15) is 0 Å². The molecule has 0 aliphatic heterocycles. The van der Waals surface area contributed by atoms with Crippen LogP contribution in [0.1, 0.15) is 38.4 Å². The van der Waals surface area contributed by atoms with Crippen LogP contribution in [0.3, 0.4) is 0 Å². The van der Waals surface area contributed by atoms with Gasteiger partial charge in [-0.3, -0.25) is 9.59 Å². The SMILES string of the molecule is O=C(COC(=O)c1nn(-c2ccccc2)c(=O)c2ccccc12)c1ccc2c(c1)CCC2. The van der Waals surface area contributed by atoms with Gasteiger partial charge < -0.3 is 4.74 Å². The molecule has 0 saturated carbocycles. The first-order valence-electron chi connectivity index (χ1n) is 10.5. The van der Waals surface area contributed by atoms with E-state index in [2.05, 4.69) is 5.10 Å². The number of hydrogen-bond acceptors (Lipinski definition) is 5. The van der Waals surface area contributed by atoms with E-state index in [0.29, 0.717) is 22.0 Å². The smallest absolute Gasteiger partial charge is 0.359 e. The van der Waals surface area contributed by atoms with Crippen molar-refractivity contribution in [3.8, 4) is 5.69 Å². The number of aryl methyl sites for hydroxylation is 2. The molecule has 0 saturated heterocycles. The normalized spacial score (nSPS) is 12.5. The zero-order valence-electron chi connectivity index (χ0n) is 17.3. The van der Waals surface area contributed by atoms with Gasteiger partial charge in [0, 0.05) is 10.9 Å². The Balaban J connectivity index is 1.45. The molecule has 0 fully saturated rings. The fraction of sp³-hybridized carbons (Fsp3) is 0.154. The van der Waals surface area contributed by atoms with E-state index < -0.39 is 12.6 Å². The summed E-state index contributed by atoms with van der Waals surface area (Å²) in [5.74, 6) is -1.02. The molecule has 0 unspecified atom stereocenters. The summed E-state index contributed by atoms with van der Waals surface area (Å²) >= 11 is 0. The fourth-order valence-electron chi connectivity index (χ4n) is 4.11. The van der Waals surface area contributed by atoms with Crippen LogP contribution in [0.4, 0.5) is 0 Å². The van der Waals surface area contributed by atoms with Crippen LogP contribution >= 0.6 is 0 Å². The third kappa shape index (κ3) is 3.60. The van der Waals surface area contributed by atoms with Gasteiger partial charge in [-0.05, 0) is 54.7 Å². The highest BCUT2D eigenvalue weighted by molar-refractivity contribution is 6.04. The Labute approximate surface area is 184 Å². The molecule has 1 heterocycles. The van der Waals surface area contributed by atoms with Crippen molar-refractivity contribution >= 4 is 22.5 Å². The van der Waals surface area contributed by atoms with E-state index in [1.54, 1.807) is 54.6 Å². The third-order valence-corrected chi connectivity index (χ3v) is 5.75. The van der Waals surface area contributed by atoms with Crippen LogP contribution < -0.4 is 5.56 Å². The van der Waals surface area contributed by atoms with Gasteiger partial charge in [-0.15, -0.1) is 0 Å². The van der Waals surface area contributed by atoms with Crippen molar-refractivity contribution in [3.05, 3.63) is 106 Å². The average Bonchev–Trinajstić information content (AvgIpc) is 3.31. The Morgan fingerprint density at radius 3 is 2.41 bits per heavy atom. The molecule has 0 spiro atoms. The van der Waals surface area contributed by atoms with Gasteiger partial charge in [0.2, 0.25) is 0 Å². The van der Waals surface area contributed by atoms with E-state index in [-0.39, 0.29) is 17.0 Å². The summed E-state index contributed by atoms with van der Waals surface area (Å²) < 4.78 is 6.52. The first-order chi connectivity index (χ1) is 15.6. The van der Waals surface area contributed by atoms with Crippen molar-refractivity contribution in [3.63, 3.8) is 0 Å². The van der Waals surface area contributed by atoms with Gasteiger partial charge in [0.25, 0.3) is 5.56 Å². The Kier molecular flexibility index (Phi) is 5.11. The van der Waals surface area contributed by atoms with Crippen LogP contribution in [-0.4, -0.2) is 28.1 Å². The molecule has 158 valence electrons. The van der Waals surface area contributed by atoms with E-state index in [9.17, 15) is 14.4 Å². The highest BCUT2D eigenvalue weighted by atomic mass is 16.5. The fourth-order valence-corrected chi connectivity index (χ4v) is 4.11. The Morgan fingerprint density at radius 1 is 0.875 bits per heavy atom. The second-order valence-electron chi connectivity index (χ2n) is 7.78. The van der Waals surface area contributed by atoms with Crippen molar-refractivity contribution in [2.75, 3.05) is 6.61 Å². The number of carbonyl (C=O) groups excluding carboxylic acids is 2. The molecule has 0 amide bonds. The summed E-state index contributed by atoms with van der Waals surface area (Å²) in [4.78, 5) is 38.5. The summed E-state index contributed by atoms with van der Waals surface area (Å²) in [6.45, 7) is -0.391. The number of rotatable bonds is 5. The van der Waals surface area contributed by atoms with Crippen molar-refractivity contribution in [2.24, 2.45) is 0 Å². The largest absolute Gasteiger partial charge is 0.452 e. The van der Waals surface area contributed by atoms with Gasteiger partial charge in [0.05, 0.1) is 11.1 Å². The van der Waals surface area contributed by atoms with E-state index in [0.717, 1.165) is 19.3 Å². The van der Waals surface area contributed by atoms with Gasteiger partial charge in [0.15, 0.2) is 18.1 Å². The van der Waals surface area contributed by atoms with Crippen LogP contribution in [-0.2, 0) is 17.6 Å². The standard InChI is InChI=1S/C26H20N2O4/c29-23(19-14-13-17-7-6-8-18(17)15-19)16-32-26(31)24-21-11-4-5-12-22(21)25(30)28(27-24)20-9-2-1-3-10-20/h1-5,9-15H,6-8,16H2. The molecule has 1 aliphatic carbocycles.